The quantitative estimate of drug-likeness (QED) is 0.334. The lowest BCUT2D eigenvalue weighted by atomic mass is 10.2. The van der Waals surface area contributed by atoms with Crippen molar-refractivity contribution in [1.82, 2.24) is 0 Å². The molecule has 0 atom stereocenters. The van der Waals surface area contributed by atoms with Gasteiger partial charge in [0.15, 0.2) is 0 Å². The molecular formula is C14H28O4. The predicted molar refractivity (Wildman–Crippen MR) is 71.5 cm³/mol. The zero-order chi connectivity index (χ0) is 13.9. The Bertz CT molecular complexity index is 214. The third-order valence-corrected chi connectivity index (χ3v) is 2.49. The van der Waals surface area contributed by atoms with E-state index in [1.54, 1.807) is 13.8 Å². The van der Waals surface area contributed by atoms with Crippen LogP contribution in [0.4, 0.5) is 4.79 Å². The topological polar surface area (TPSA) is 44.8 Å². The van der Waals surface area contributed by atoms with Crippen molar-refractivity contribution in [2.75, 3.05) is 13.2 Å². The fourth-order valence-corrected chi connectivity index (χ4v) is 1.41. The normalized spacial score (nSPS) is 11.3. The predicted octanol–water partition coefficient (Wildman–Crippen LogP) is 4.27. The Morgan fingerprint density at radius 3 is 2.22 bits per heavy atom. The van der Waals surface area contributed by atoms with Gasteiger partial charge in [-0.1, -0.05) is 39.5 Å². The molecule has 0 saturated heterocycles. The molecule has 0 unspecified atom stereocenters. The van der Waals surface area contributed by atoms with E-state index in [9.17, 15) is 4.79 Å². The van der Waals surface area contributed by atoms with Crippen LogP contribution in [0.25, 0.3) is 0 Å². The third kappa shape index (κ3) is 10.4. The van der Waals surface area contributed by atoms with Gasteiger partial charge in [-0.05, 0) is 12.8 Å². The van der Waals surface area contributed by atoms with Crippen LogP contribution in [0.15, 0.2) is 0 Å². The molecule has 0 saturated carbocycles. The highest BCUT2D eigenvalue weighted by Gasteiger charge is 2.24. The molecular weight excluding hydrogens is 232 g/mol. The van der Waals surface area contributed by atoms with E-state index in [0.29, 0.717) is 13.2 Å². The summed E-state index contributed by atoms with van der Waals surface area (Å²) in [4.78, 5) is 11.4. The van der Waals surface area contributed by atoms with Gasteiger partial charge in [0.1, 0.15) is 0 Å². The lowest BCUT2D eigenvalue weighted by molar-refractivity contribution is -0.189. The second-order valence-corrected chi connectivity index (χ2v) is 4.86. The molecule has 0 fully saturated rings. The van der Waals surface area contributed by atoms with Gasteiger partial charge in [0, 0.05) is 13.8 Å². The molecule has 18 heavy (non-hydrogen) atoms. The average Bonchev–Trinajstić information content (AvgIpc) is 2.28. The molecule has 0 spiro atoms. The lowest BCUT2D eigenvalue weighted by Crippen LogP contribution is -2.32. The SMILES string of the molecule is CCCCCCOC(=O)OC(C)(C)OCCCC. The van der Waals surface area contributed by atoms with Gasteiger partial charge >= 0.3 is 6.16 Å². The van der Waals surface area contributed by atoms with Gasteiger partial charge < -0.3 is 14.2 Å². The van der Waals surface area contributed by atoms with Crippen molar-refractivity contribution in [1.29, 1.82) is 0 Å². The van der Waals surface area contributed by atoms with Crippen molar-refractivity contribution in [2.45, 2.75) is 72.0 Å². The molecule has 0 aromatic heterocycles. The van der Waals surface area contributed by atoms with Crippen LogP contribution in [0.2, 0.25) is 0 Å². The minimum absolute atomic E-state index is 0.421. The molecule has 0 amide bonds. The molecule has 4 heteroatoms. The van der Waals surface area contributed by atoms with Gasteiger partial charge in [-0.25, -0.2) is 4.79 Å². The summed E-state index contributed by atoms with van der Waals surface area (Å²) in [6.07, 6.45) is 5.68. The number of rotatable bonds is 10. The first kappa shape index (κ1) is 17.2. The number of carbonyl (C=O) groups is 1. The van der Waals surface area contributed by atoms with Gasteiger partial charge in [0.25, 0.3) is 0 Å². The van der Waals surface area contributed by atoms with Gasteiger partial charge in [-0.2, -0.15) is 0 Å². The fraction of sp³-hybridized carbons (Fsp3) is 0.929. The van der Waals surface area contributed by atoms with Crippen molar-refractivity contribution < 1.29 is 19.0 Å². The zero-order valence-electron chi connectivity index (χ0n) is 12.3. The first-order chi connectivity index (χ1) is 8.52. The van der Waals surface area contributed by atoms with Crippen LogP contribution in [0, 0.1) is 0 Å². The maximum atomic E-state index is 11.4. The number of unbranched alkanes of at least 4 members (excludes halogenated alkanes) is 4. The van der Waals surface area contributed by atoms with Crippen molar-refractivity contribution in [3.05, 3.63) is 0 Å². The minimum atomic E-state index is -0.907. The molecule has 0 bridgehead atoms. The van der Waals surface area contributed by atoms with Crippen LogP contribution in [0.3, 0.4) is 0 Å². The Morgan fingerprint density at radius 1 is 0.944 bits per heavy atom. The van der Waals surface area contributed by atoms with E-state index in [-0.39, 0.29) is 0 Å². The zero-order valence-corrected chi connectivity index (χ0v) is 12.3. The molecule has 108 valence electrons. The van der Waals surface area contributed by atoms with Crippen molar-refractivity contribution in [3.63, 3.8) is 0 Å². The fourth-order valence-electron chi connectivity index (χ4n) is 1.41. The summed E-state index contributed by atoms with van der Waals surface area (Å²) in [5, 5.41) is 0. The Balaban J connectivity index is 3.64. The summed E-state index contributed by atoms with van der Waals surface area (Å²) in [7, 11) is 0. The number of hydrogen-bond donors (Lipinski definition) is 0. The van der Waals surface area contributed by atoms with E-state index in [1.807, 2.05) is 0 Å². The molecule has 0 aliphatic rings. The van der Waals surface area contributed by atoms with E-state index in [0.717, 1.165) is 25.7 Å². The molecule has 0 aliphatic heterocycles. The van der Waals surface area contributed by atoms with Crippen molar-refractivity contribution in [3.8, 4) is 0 Å². The number of hydrogen-bond acceptors (Lipinski definition) is 4. The largest absolute Gasteiger partial charge is 0.510 e. The van der Waals surface area contributed by atoms with E-state index in [4.69, 9.17) is 14.2 Å². The van der Waals surface area contributed by atoms with Crippen LogP contribution in [-0.2, 0) is 14.2 Å². The molecule has 0 heterocycles. The standard InChI is InChI=1S/C14H28O4/c1-5-7-9-10-11-16-13(15)18-14(3,4)17-12-8-6-2/h5-12H2,1-4H3. The Kier molecular flexibility index (Phi) is 9.74. The first-order valence-corrected chi connectivity index (χ1v) is 7.01. The lowest BCUT2D eigenvalue weighted by Gasteiger charge is -2.24. The number of ether oxygens (including phenoxy) is 3. The van der Waals surface area contributed by atoms with Crippen LogP contribution in [-0.4, -0.2) is 25.2 Å². The maximum Gasteiger partial charge on any atom is 0.510 e. The molecule has 4 nitrogen and oxygen atoms in total. The summed E-state index contributed by atoms with van der Waals surface area (Å²) >= 11 is 0. The molecule has 0 aromatic carbocycles. The summed E-state index contributed by atoms with van der Waals surface area (Å²) in [5.74, 6) is -0.907. The molecule has 0 N–H and O–H groups in total. The van der Waals surface area contributed by atoms with E-state index < -0.39 is 11.9 Å². The summed E-state index contributed by atoms with van der Waals surface area (Å²) in [5.41, 5.74) is 0. The highest BCUT2D eigenvalue weighted by molar-refractivity contribution is 5.60. The Hall–Kier alpha value is -0.770. The number of carbonyl (C=O) groups excluding carboxylic acids is 1. The monoisotopic (exact) mass is 260 g/mol. The first-order valence-electron chi connectivity index (χ1n) is 7.01. The third-order valence-electron chi connectivity index (χ3n) is 2.49. The van der Waals surface area contributed by atoms with Crippen LogP contribution < -0.4 is 0 Å². The second-order valence-electron chi connectivity index (χ2n) is 4.86. The minimum Gasteiger partial charge on any atom is -0.434 e. The molecule has 0 aliphatic carbocycles. The van der Waals surface area contributed by atoms with Gasteiger partial charge in [-0.15, -0.1) is 0 Å². The molecule has 0 aromatic rings. The summed E-state index contributed by atoms with van der Waals surface area (Å²) in [6.45, 7) is 8.69. The van der Waals surface area contributed by atoms with Crippen LogP contribution >= 0.6 is 0 Å². The van der Waals surface area contributed by atoms with E-state index in [2.05, 4.69) is 13.8 Å². The molecule has 0 radical (unpaired) electrons. The summed E-state index contributed by atoms with van der Waals surface area (Å²) < 4.78 is 15.6. The van der Waals surface area contributed by atoms with Crippen molar-refractivity contribution in [2.24, 2.45) is 0 Å². The highest BCUT2D eigenvalue weighted by Crippen LogP contribution is 2.13. The highest BCUT2D eigenvalue weighted by atomic mass is 16.8. The second kappa shape index (κ2) is 10.2. The van der Waals surface area contributed by atoms with Gasteiger partial charge in [-0.3, -0.25) is 0 Å². The van der Waals surface area contributed by atoms with Crippen LogP contribution in [0.5, 0.6) is 0 Å². The average molecular weight is 260 g/mol. The van der Waals surface area contributed by atoms with Crippen LogP contribution in [0.1, 0.15) is 66.2 Å². The smallest absolute Gasteiger partial charge is 0.434 e. The Morgan fingerprint density at radius 2 is 1.61 bits per heavy atom. The van der Waals surface area contributed by atoms with Gasteiger partial charge in [0.2, 0.25) is 5.79 Å². The van der Waals surface area contributed by atoms with E-state index in [1.165, 1.54) is 12.8 Å². The van der Waals surface area contributed by atoms with Gasteiger partial charge in [0.05, 0.1) is 13.2 Å². The summed E-state index contributed by atoms with van der Waals surface area (Å²) in [6, 6.07) is 0. The maximum absolute atomic E-state index is 11.4. The van der Waals surface area contributed by atoms with E-state index >= 15 is 0 Å². The van der Waals surface area contributed by atoms with Crippen molar-refractivity contribution >= 4 is 6.16 Å². The molecule has 0 rings (SSSR count). The Labute approximate surface area is 111 Å².